The lowest BCUT2D eigenvalue weighted by Gasteiger charge is -2.19. The first-order valence-corrected chi connectivity index (χ1v) is 5.58. The maximum absolute atomic E-state index is 13.4. The molecular weight excluding hydrogens is 258 g/mol. The van der Waals surface area contributed by atoms with Crippen molar-refractivity contribution in [2.45, 2.75) is 6.10 Å². The first-order chi connectivity index (χ1) is 8.90. The predicted octanol–water partition coefficient (Wildman–Crippen LogP) is 0.892. The minimum Gasteiger partial charge on any atom is -0.386 e. The average Bonchev–Trinajstić information content (AvgIpc) is 2.56. The minimum absolute atomic E-state index is 0.0720. The lowest BCUT2D eigenvalue weighted by molar-refractivity contribution is -0.126. The van der Waals surface area contributed by atoms with Gasteiger partial charge in [0.05, 0.1) is 12.6 Å². The van der Waals surface area contributed by atoms with E-state index in [-0.39, 0.29) is 18.7 Å². The molecule has 1 fully saturated rings. The Morgan fingerprint density at radius 2 is 2.05 bits per heavy atom. The third-order valence-electron chi connectivity index (χ3n) is 2.91. The van der Waals surface area contributed by atoms with E-state index >= 15 is 0 Å². The molecule has 0 aliphatic carbocycles. The highest BCUT2D eigenvalue weighted by Gasteiger charge is 2.35. The number of amides is 3. The Balaban J connectivity index is 2.15. The molecule has 1 N–H and O–H groups in total. The number of imide groups is 1. The van der Waals surface area contributed by atoms with Gasteiger partial charge in [-0.1, -0.05) is 6.07 Å². The van der Waals surface area contributed by atoms with Crippen molar-refractivity contribution in [2.75, 3.05) is 20.1 Å². The summed E-state index contributed by atoms with van der Waals surface area (Å²) in [7, 11) is 1.45. The highest BCUT2D eigenvalue weighted by molar-refractivity contribution is 6.01. The van der Waals surface area contributed by atoms with Crippen LogP contribution >= 0.6 is 0 Å². The fraction of sp³-hybridized carbons (Fsp3) is 0.333. The molecule has 3 amide bonds. The molecule has 0 bridgehead atoms. The maximum atomic E-state index is 13.4. The van der Waals surface area contributed by atoms with Gasteiger partial charge in [0.2, 0.25) is 5.91 Å². The summed E-state index contributed by atoms with van der Waals surface area (Å²) >= 11 is 0. The Labute approximate surface area is 108 Å². The molecule has 0 spiro atoms. The zero-order chi connectivity index (χ0) is 14.2. The molecule has 1 aliphatic rings. The lowest BCUT2D eigenvalue weighted by Crippen LogP contribution is -2.35. The maximum Gasteiger partial charge on any atom is 0.327 e. The van der Waals surface area contributed by atoms with Gasteiger partial charge in [-0.05, 0) is 6.07 Å². The number of halogens is 2. The van der Waals surface area contributed by atoms with Crippen LogP contribution in [-0.2, 0) is 4.79 Å². The van der Waals surface area contributed by atoms with Crippen molar-refractivity contribution >= 4 is 11.9 Å². The van der Waals surface area contributed by atoms with Gasteiger partial charge in [0.25, 0.3) is 0 Å². The second-order valence-electron chi connectivity index (χ2n) is 4.32. The first kappa shape index (κ1) is 13.4. The second kappa shape index (κ2) is 4.93. The number of carbonyl (C=O) groups excluding carboxylic acids is 2. The number of likely N-dealkylation sites (N-methyl/N-ethyl adjacent to an activating group) is 1. The Morgan fingerprint density at radius 1 is 1.37 bits per heavy atom. The quantitative estimate of drug-likeness (QED) is 0.830. The zero-order valence-corrected chi connectivity index (χ0v) is 10.1. The normalized spacial score (nSPS) is 17.3. The van der Waals surface area contributed by atoms with E-state index in [2.05, 4.69) is 0 Å². The third kappa shape index (κ3) is 2.55. The molecule has 0 radical (unpaired) electrons. The van der Waals surface area contributed by atoms with Crippen molar-refractivity contribution in [3.63, 3.8) is 0 Å². The number of β-amino-alcohol motifs (C(OH)–C–C–N with tert-alkyl or cyclic N) is 1. The molecule has 5 nitrogen and oxygen atoms in total. The Morgan fingerprint density at radius 3 is 2.58 bits per heavy atom. The summed E-state index contributed by atoms with van der Waals surface area (Å²) in [5, 5.41) is 9.85. The monoisotopic (exact) mass is 270 g/mol. The predicted molar refractivity (Wildman–Crippen MR) is 61.1 cm³/mol. The molecule has 19 heavy (non-hydrogen) atoms. The molecule has 0 aromatic heterocycles. The molecule has 1 heterocycles. The molecule has 0 saturated carbocycles. The van der Waals surface area contributed by atoms with Gasteiger partial charge in [-0.15, -0.1) is 0 Å². The number of aliphatic hydroxyl groups excluding tert-OH is 1. The molecule has 1 saturated heterocycles. The van der Waals surface area contributed by atoms with E-state index in [1.54, 1.807) is 0 Å². The standard InChI is InChI=1S/C12H12F2N2O3/c1-15-6-11(18)16(12(15)19)5-10(17)8-3-2-7(13)4-9(8)14/h2-4,10,17H,5-6H2,1H3/t10-/m0/s1. The second-order valence-corrected chi connectivity index (χ2v) is 4.32. The molecule has 1 aliphatic heterocycles. The van der Waals surface area contributed by atoms with Gasteiger partial charge in [-0.2, -0.15) is 0 Å². The number of benzene rings is 1. The third-order valence-corrected chi connectivity index (χ3v) is 2.91. The van der Waals surface area contributed by atoms with Crippen molar-refractivity contribution in [1.29, 1.82) is 0 Å². The van der Waals surface area contributed by atoms with E-state index in [1.165, 1.54) is 11.9 Å². The summed E-state index contributed by atoms with van der Waals surface area (Å²) in [5.74, 6) is -2.14. The van der Waals surface area contributed by atoms with E-state index in [9.17, 15) is 23.5 Å². The summed E-state index contributed by atoms with van der Waals surface area (Å²) < 4.78 is 26.2. The van der Waals surface area contributed by atoms with Crippen molar-refractivity contribution in [1.82, 2.24) is 9.80 Å². The van der Waals surface area contributed by atoms with Crippen molar-refractivity contribution in [2.24, 2.45) is 0 Å². The van der Waals surface area contributed by atoms with Gasteiger partial charge in [0, 0.05) is 18.7 Å². The number of hydrogen-bond acceptors (Lipinski definition) is 3. The van der Waals surface area contributed by atoms with Crippen LogP contribution in [0.25, 0.3) is 0 Å². The number of urea groups is 1. The van der Waals surface area contributed by atoms with Crippen molar-refractivity contribution < 1.29 is 23.5 Å². The van der Waals surface area contributed by atoms with Gasteiger partial charge < -0.3 is 10.0 Å². The first-order valence-electron chi connectivity index (χ1n) is 5.58. The molecule has 1 aromatic rings. The van der Waals surface area contributed by atoms with E-state index in [4.69, 9.17) is 0 Å². The van der Waals surface area contributed by atoms with E-state index in [0.717, 1.165) is 17.0 Å². The van der Waals surface area contributed by atoms with Gasteiger partial charge in [-0.3, -0.25) is 9.69 Å². The number of nitrogens with zero attached hydrogens (tertiary/aromatic N) is 2. The van der Waals surface area contributed by atoms with Gasteiger partial charge >= 0.3 is 6.03 Å². The van der Waals surface area contributed by atoms with Crippen LogP contribution < -0.4 is 0 Å². The largest absolute Gasteiger partial charge is 0.386 e. The fourth-order valence-electron chi connectivity index (χ4n) is 1.89. The van der Waals surface area contributed by atoms with E-state index in [0.29, 0.717) is 6.07 Å². The Bertz CT molecular complexity index is 536. The van der Waals surface area contributed by atoms with Crippen LogP contribution in [-0.4, -0.2) is 47.0 Å². The topological polar surface area (TPSA) is 60.9 Å². The van der Waals surface area contributed by atoms with Crippen LogP contribution in [0.15, 0.2) is 18.2 Å². The van der Waals surface area contributed by atoms with Crippen LogP contribution in [0.5, 0.6) is 0 Å². The molecular formula is C12H12F2N2O3. The van der Waals surface area contributed by atoms with Crippen LogP contribution in [0, 0.1) is 11.6 Å². The number of carbonyl (C=O) groups is 2. The van der Waals surface area contributed by atoms with Crippen LogP contribution in [0.4, 0.5) is 13.6 Å². The minimum atomic E-state index is -1.39. The van der Waals surface area contributed by atoms with Crippen molar-refractivity contribution in [3.05, 3.63) is 35.4 Å². The highest BCUT2D eigenvalue weighted by atomic mass is 19.1. The summed E-state index contributed by atoms with van der Waals surface area (Å²) in [6, 6.07) is 2.18. The van der Waals surface area contributed by atoms with Crippen LogP contribution in [0.2, 0.25) is 0 Å². The lowest BCUT2D eigenvalue weighted by atomic mass is 10.1. The van der Waals surface area contributed by atoms with Crippen molar-refractivity contribution in [3.8, 4) is 0 Å². The van der Waals surface area contributed by atoms with Gasteiger partial charge in [0.1, 0.15) is 18.2 Å². The van der Waals surface area contributed by atoms with Crippen LogP contribution in [0.3, 0.4) is 0 Å². The van der Waals surface area contributed by atoms with Gasteiger partial charge in [-0.25, -0.2) is 13.6 Å². The Kier molecular flexibility index (Phi) is 3.48. The number of aliphatic hydroxyl groups is 1. The molecule has 1 aromatic carbocycles. The zero-order valence-electron chi connectivity index (χ0n) is 10.1. The van der Waals surface area contributed by atoms with Gasteiger partial charge in [0.15, 0.2) is 0 Å². The highest BCUT2D eigenvalue weighted by Crippen LogP contribution is 2.21. The smallest absolute Gasteiger partial charge is 0.327 e. The molecule has 2 rings (SSSR count). The number of hydrogen-bond donors (Lipinski definition) is 1. The molecule has 7 heteroatoms. The molecule has 1 atom stereocenters. The molecule has 0 unspecified atom stereocenters. The Hall–Kier alpha value is -2.02. The van der Waals surface area contributed by atoms with E-state index < -0.39 is 29.7 Å². The fourth-order valence-corrected chi connectivity index (χ4v) is 1.89. The molecule has 102 valence electrons. The van der Waals surface area contributed by atoms with E-state index in [1.807, 2.05) is 0 Å². The summed E-state index contributed by atoms with van der Waals surface area (Å²) in [4.78, 5) is 25.1. The SMILES string of the molecule is CN1CC(=O)N(C[C@H](O)c2ccc(F)cc2F)C1=O. The summed E-state index contributed by atoms with van der Waals surface area (Å²) in [6.07, 6.45) is -1.39. The summed E-state index contributed by atoms with van der Waals surface area (Å²) in [5.41, 5.74) is -0.156. The summed E-state index contributed by atoms with van der Waals surface area (Å²) in [6.45, 7) is -0.429. The average molecular weight is 270 g/mol. The van der Waals surface area contributed by atoms with Crippen LogP contribution in [0.1, 0.15) is 11.7 Å². The number of rotatable bonds is 3.